The largest absolute Gasteiger partial charge is 0.372 e. The molecule has 1 aliphatic rings. The topological polar surface area (TPSA) is 69.7 Å². The number of hydrogen-bond donors (Lipinski definition) is 1. The van der Waals surface area contributed by atoms with Gasteiger partial charge in [-0.15, -0.1) is 0 Å². The standard InChI is InChI=1S/C22H27Cl2N3O3S/c1-15(16-7-9-17(10-8-16)27-11-5-4-6-12-27)25-22(28)18-13-21(20(24)14-19(18)23)31(29,30)26(2)3/h7-10,13-15H,4-6,11-12H2,1-3H3,(H,25,28). The minimum Gasteiger partial charge on any atom is -0.372 e. The van der Waals surface area contributed by atoms with E-state index in [1.54, 1.807) is 0 Å². The maximum absolute atomic E-state index is 12.9. The first kappa shape index (κ1) is 23.9. The van der Waals surface area contributed by atoms with Crippen molar-refractivity contribution in [3.05, 3.63) is 57.6 Å². The molecule has 6 nitrogen and oxygen atoms in total. The molecule has 1 N–H and O–H groups in total. The molecule has 2 aromatic carbocycles. The highest BCUT2D eigenvalue weighted by Gasteiger charge is 2.25. The fourth-order valence-electron chi connectivity index (χ4n) is 3.58. The molecule has 1 unspecified atom stereocenters. The Morgan fingerprint density at radius 2 is 1.65 bits per heavy atom. The first-order chi connectivity index (χ1) is 14.6. The molecule has 0 radical (unpaired) electrons. The van der Waals surface area contributed by atoms with Crippen LogP contribution in [0.4, 0.5) is 5.69 Å². The molecule has 9 heteroatoms. The smallest absolute Gasteiger partial charge is 0.253 e. The van der Waals surface area contributed by atoms with Crippen molar-refractivity contribution in [2.24, 2.45) is 0 Å². The summed E-state index contributed by atoms with van der Waals surface area (Å²) in [6.07, 6.45) is 3.70. The lowest BCUT2D eigenvalue weighted by atomic mass is 10.1. The van der Waals surface area contributed by atoms with Crippen molar-refractivity contribution >= 4 is 44.8 Å². The fourth-order valence-corrected chi connectivity index (χ4v) is 5.31. The summed E-state index contributed by atoms with van der Waals surface area (Å²) in [7, 11) is -1.02. The first-order valence-electron chi connectivity index (χ1n) is 10.2. The summed E-state index contributed by atoms with van der Waals surface area (Å²) in [5.74, 6) is -0.468. The number of nitrogens with zero attached hydrogens (tertiary/aromatic N) is 2. The Kier molecular flexibility index (Phi) is 7.52. The second kappa shape index (κ2) is 9.77. The van der Waals surface area contributed by atoms with Crippen molar-refractivity contribution in [2.45, 2.75) is 37.1 Å². The molecule has 1 fully saturated rings. The maximum atomic E-state index is 12.9. The molecule has 0 bridgehead atoms. The van der Waals surface area contributed by atoms with Crippen LogP contribution in [-0.2, 0) is 10.0 Å². The molecule has 31 heavy (non-hydrogen) atoms. The summed E-state index contributed by atoms with van der Waals surface area (Å²) in [6, 6.07) is 10.4. The van der Waals surface area contributed by atoms with Gasteiger partial charge in [0.15, 0.2) is 0 Å². The number of anilines is 1. The van der Waals surface area contributed by atoms with Crippen molar-refractivity contribution in [1.29, 1.82) is 0 Å². The van der Waals surface area contributed by atoms with E-state index in [1.165, 1.54) is 51.2 Å². The summed E-state index contributed by atoms with van der Waals surface area (Å²) in [5.41, 5.74) is 2.19. The van der Waals surface area contributed by atoms with E-state index < -0.39 is 15.9 Å². The molecule has 0 spiro atoms. The van der Waals surface area contributed by atoms with Crippen LogP contribution in [0.1, 0.15) is 48.1 Å². The van der Waals surface area contributed by atoms with E-state index in [2.05, 4.69) is 22.3 Å². The van der Waals surface area contributed by atoms with Crippen LogP contribution in [0.3, 0.4) is 0 Å². The normalized spacial score (nSPS) is 15.7. The molecule has 1 amide bonds. The minimum absolute atomic E-state index is 0.0309. The van der Waals surface area contributed by atoms with Crippen molar-refractivity contribution in [2.75, 3.05) is 32.1 Å². The average molecular weight is 484 g/mol. The predicted molar refractivity (Wildman–Crippen MR) is 126 cm³/mol. The summed E-state index contributed by atoms with van der Waals surface area (Å²) in [5, 5.41) is 2.95. The Bertz CT molecular complexity index is 1050. The molecule has 1 heterocycles. The third kappa shape index (κ3) is 5.34. The van der Waals surface area contributed by atoms with E-state index in [0.29, 0.717) is 0 Å². The van der Waals surface area contributed by atoms with Gasteiger partial charge in [-0.2, -0.15) is 0 Å². The molecule has 1 saturated heterocycles. The van der Waals surface area contributed by atoms with E-state index >= 15 is 0 Å². The number of carbonyl (C=O) groups is 1. The Hall–Kier alpha value is -1.80. The summed E-state index contributed by atoms with van der Waals surface area (Å²) in [4.78, 5) is 15.1. The average Bonchev–Trinajstić information content (AvgIpc) is 2.74. The number of piperidine rings is 1. The van der Waals surface area contributed by atoms with E-state index in [9.17, 15) is 13.2 Å². The Labute approximate surface area is 194 Å². The van der Waals surface area contributed by atoms with Crippen LogP contribution >= 0.6 is 23.2 Å². The monoisotopic (exact) mass is 483 g/mol. The highest BCUT2D eigenvalue weighted by atomic mass is 35.5. The third-order valence-electron chi connectivity index (χ3n) is 5.49. The molecule has 0 saturated carbocycles. The fraction of sp³-hybridized carbons (Fsp3) is 0.409. The number of sulfonamides is 1. The molecule has 168 valence electrons. The Balaban J connectivity index is 1.78. The van der Waals surface area contributed by atoms with Crippen molar-refractivity contribution in [3.63, 3.8) is 0 Å². The lowest BCUT2D eigenvalue weighted by Gasteiger charge is -2.29. The van der Waals surface area contributed by atoms with E-state index in [-0.39, 0.29) is 26.5 Å². The highest BCUT2D eigenvalue weighted by Crippen LogP contribution is 2.30. The van der Waals surface area contributed by atoms with Crippen LogP contribution in [-0.4, -0.2) is 45.8 Å². The zero-order valence-electron chi connectivity index (χ0n) is 17.9. The van der Waals surface area contributed by atoms with Crippen molar-refractivity contribution < 1.29 is 13.2 Å². The van der Waals surface area contributed by atoms with Crippen molar-refractivity contribution in [1.82, 2.24) is 9.62 Å². The molecule has 1 aliphatic heterocycles. The third-order valence-corrected chi connectivity index (χ3v) is 8.08. The van der Waals surface area contributed by atoms with E-state index in [0.717, 1.165) is 23.0 Å². The van der Waals surface area contributed by atoms with Gasteiger partial charge in [0.2, 0.25) is 10.0 Å². The summed E-state index contributed by atoms with van der Waals surface area (Å²) < 4.78 is 26.1. The van der Waals surface area contributed by atoms with Gasteiger partial charge >= 0.3 is 0 Å². The van der Waals surface area contributed by atoms with Gasteiger partial charge in [0, 0.05) is 32.9 Å². The molecular formula is C22H27Cl2N3O3S. The SMILES string of the molecule is CC(NC(=O)c1cc(S(=O)(=O)N(C)C)c(Cl)cc1Cl)c1ccc(N2CCCCC2)cc1. The van der Waals surface area contributed by atoms with Crippen LogP contribution in [0.5, 0.6) is 0 Å². The molecule has 0 aliphatic carbocycles. The highest BCUT2D eigenvalue weighted by molar-refractivity contribution is 7.89. The van der Waals surface area contributed by atoms with Crippen LogP contribution in [0.2, 0.25) is 10.0 Å². The number of carbonyl (C=O) groups excluding carboxylic acids is 1. The Morgan fingerprint density at radius 1 is 1.03 bits per heavy atom. The number of hydrogen-bond acceptors (Lipinski definition) is 4. The minimum atomic E-state index is -3.82. The number of amides is 1. The van der Waals surface area contributed by atoms with Crippen LogP contribution in [0.25, 0.3) is 0 Å². The number of rotatable bonds is 6. The number of nitrogens with one attached hydrogen (secondary N) is 1. The van der Waals surface area contributed by atoms with Gasteiger partial charge in [0.1, 0.15) is 4.90 Å². The Morgan fingerprint density at radius 3 is 2.23 bits per heavy atom. The zero-order chi connectivity index (χ0) is 22.8. The molecule has 2 aromatic rings. The number of benzene rings is 2. The van der Waals surface area contributed by atoms with Gasteiger partial charge in [-0.1, -0.05) is 35.3 Å². The molecular weight excluding hydrogens is 457 g/mol. The van der Waals surface area contributed by atoms with Gasteiger partial charge < -0.3 is 10.2 Å². The lowest BCUT2D eigenvalue weighted by molar-refractivity contribution is 0.0940. The number of halogens is 2. The van der Waals surface area contributed by atoms with E-state index in [4.69, 9.17) is 23.2 Å². The summed E-state index contributed by atoms with van der Waals surface area (Å²) in [6.45, 7) is 4.01. The second-order valence-corrected chi connectivity index (χ2v) is 10.8. The lowest BCUT2D eigenvalue weighted by Crippen LogP contribution is -2.29. The first-order valence-corrected chi connectivity index (χ1v) is 12.4. The molecule has 0 aromatic heterocycles. The van der Waals surface area contributed by atoms with Crippen LogP contribution in [0, 0.1) is 0 Å². The summed E-state index contributed by atoms with van der Waals surface area (Å²) >= 11 is 12.3. The van der Waals surface area contributed by atoms with Gasteiger partial charge in [0.05, 0.1) is 21.7 Å². The van der Waals surface area contributed by atoms with Crippen LogP contribution in [0.15, 0.2) is 41.3 Å². The quantitative estimate of drug-likeness (QED) is 0.644. The van der Waals surface area contributed by atoms with Gasteiger partial charge in [-0.05, 0) is 56.0 Å². The second-order valence-electron chi connectivity index (χ2n) is 7.88. The van der Waals surface area contributed by atoms with Gasteiger partial charge in [-0.3, -0.25) is 4.79 Å². The van der Waals surface area contributed by atoms with Gasteiger partial charge in [0.25, 0.3) is 5.91 Å². The predicted octanol–water partition coefficient (Wildman–Crippen LogP) is 4.73. The van der Waals surface area contributed by atoms with Gasteiger partial charge in [-0.25, -0.2) is 12.7 Å². The molecule has 3 rings (SSSR count). The van der Waals surface area contributed by atoms with Crippen LogP contribution < -0.4 is 10.2 Å². The van der Waals surface area contributed by atoms with E-state index in [1.807, 2.05) is 19.1 Å². The maximum Gasteiger partial charge on any atom is 0.253 e. The zero-order valence-corrected chi connectivity index (χ0v) is 20.2. The molecule has 1 atom stereocenters. The van der Waals surface area contributed by atoms with Crippen molar-refractivity contribution in [3.8, 4) is 0 Å².